The monoisotopic (exact) mass is 271 g/mol. The Morgan fingerprint density at radius 2 is 1.70 bits per heavy atom. The summed E-state index contributed by atoms with van der Waals surface area (Å²) in [6, 6.07) is 9.39. The fourth-order valence-electron chi connectivity index (χ4n) is 4.42. The number of aryl methyl sites for hydroxylation is 1. The van der Waals surface area contributed by atoms with E-state index in [4.69, 9.17) is 5.73 Å². The molecule has 0 bridgehead atoms. The molecule has 1 aromatic carbocycles. The molecular formula is C19H29N. The third kappa shape index (κ3) is 2.93. The van der Waals surface area contributed by atoms with Gasteiger partial charge in [-0.25, -0.2) is 0 Å². The van der Waals surface area contributed by atoms with Gasteiger partial charge in [0.2, 0.25) is 0 Å². The molecule has 2 unspecified atom stereocenters. The molecule has 110 valence electrons. The molecule has 0 aromatic heterocycles. The summed E-state index contributed by atoms with van der Waals surface area (Å²) < 4.78 is 0. The lowest BCUT2D eigenvalue weighted by molar-refractivity contribution is 0.193. The van der Waals surface area contributed by atoms with Crippen LogP contribution in [0.1, 0.15) is 56.6 Å². The van der Waals surface area contributed by atoms with Gasteiger partial charge < -0.3 is 5.73 Å². The molecule has 1 saturated carbocycles. The van der Waals surface area contributed by atoms with Crippen LogP contribution in [0.2, 0.25) is 0 Å². The SMILES string of the molecule is CCC1CCC(C(N)C2CCc3ccccc3C2)CC1. The molecule has 0 aliphatic heterocycles. The number of benzene rings is 1. The Morgan fingerprint density at radius 1 is 1.00 bits per heavy atom. The summed E-state index contributed by atoms with van der Waals surface area (Å²) in [5.41, 5.74) is 9.78. The zero-order valence-electron chi connectivity index (χ0n) is 12.9. The minimum Gasteiger partial charge on any atom is -0.327 e. The number of nitrogens with two attached hydrogens (primary N) is 1. The van der Waals surface area contributed by atoms with Crippen molar-refractivity contribution in [1.29, 1.82) is 0 Å². The van der Waals surface area contributed by atoms with E-state index in [2.05, 4.69) is 31.2 Å². The minimum absolute atomic E-state index is 0.432. The lowest BCUT2D eigenvalue weighted by Crippen LogP contribution is -2.41. The van der Waals surface area contributed by atoms with Gasteiger partial charge in [0.25, 0.3) is 0 Å². The first-order chi connectivity index (χ1) is 9.78. The normalized spacial score (nSPS) is 31.6. The van der Waals surface area contributed by atoms with Crippen LogP contribution in [0.4, 0.5) is 0 Å². The molecule has 0 radical (unpaired) electrons. The molecule has 0 heterocycles. The van der Waals surface area contributed by atoms with Crippen LogP contribution in [0, 0.1) is 17.8 Å². The Bertz CT molecular complexity index is 431. The summed E-state index contributed by atoms with van der Waals surface area (Å²) >= 11 is 0. The molecule has 2 aliphatic rings. The van der Waals surface area contributed by atoms with Gasteiger partial charge in [-0.3, -0.25) is 0 Å². The van der Waals surface area contributed by atoms with Gasteiger partial charge in [-0.05, 0) is 61.0 Å². The Balaban J connectivity index is 1.60. The van der Waals surface area contributed by atoms with Gasteiger partial charge in [0.05, 0.1) is 0 Å². The minimum atomic E-state index is 0.432. The maximum Gasteiger partial charge on any atom is 0.00989 e. The average molecular weight is 271 g/mol. The summed E-state index contributed by atoms with van der Waals surface area (Å²) in [5, 5.41) is 0. The third-order valence-electron chi connectivity index (χ3n) is 5.94. The molecule has 0 amide bonds. The van der Waals surface area contributed by atoms with Gasteiger partial charge in [0.1, 0.15) is 0 Å². The maximum absolute atomic E-state index is 6.67. The standard InChI is InChI=1S/C19H29N/c1-2-14-7-9-16(10-8-14)19(20)18-12-11-15-5-3-4-6-17(15)13-18/h3-6,14,16,18-19H,2,7-13,20H2,1H3. The van der Waals surface area contributed by atoms with Crippen LogP contribution >= 0.6 is 0 Å². The molecule has 2 atom stereocenters. The lowest BCUT2D eigenvalue weighted by atomic mass is 9.71. The molecule has 1 fully saturated rings. The Morgan fingerprint density at radius 3 is 2.40 bits per heavy atom. The van der Waals surface area contributed by atoms with Gasteiger partial charge in [-0.1, -0.05) is 50.5 Å². The van der Waals surface area contributed by atoms with Gasteiger partial charge in [-0.15, -0.1) is 0 Å². The van der Waals surface area contributed by atoms with E-state index in [1.807, 2.05) is 0 Å². The third-order valence-corrected chi connectivity index (χ3v) is 5.94. The van der Waals surface area contributed by atoms with Crippen molar-refractivity contribution in [3.8, 4) is 0 Å². The highest BCUT2D eigenvalue weighted by Gasteiger charge is 2.31. The first-order valence-corrected chi connectivity index (χ1v) is 8.60. The predicted octanol–water partition coefficient (Wildman–Crippen LogP) is 4.34. The summed E-state index contributed by atoms with van der Waals surface area (Å²) in [4.78, 5) is 0. The van der Waals surface area contributed by atoms with Crippen molar-refractivity contribution in [2.24, 2.45) is 23.5 Å². The number of rotatable bonds is 3. The van der Waals surface area contributed by atoms with Crippen LogP contribution in [-0.4, -0.2) is 6.04 Å². The van der Waals surface area contributed by atoms with Gasteiger partial charge in [0, 0.05) is 6.04 Å². The number of fused-ring (bicyclic) bond motifs is 1. The second-order valence-electron chi connectivity index (χ2n) is 7.04. The molecule has 3 rings (SSSR count). The summed E-state index contributed by atoms with van der Waals surface area (Å²) in [6.45, 7) is 2.34. The van der Waals surface area contributed by atoms with E-state index in [0.29, 0.717) is 12.0 Å². The van der Waals surface area contributed by atoms with Crippen LogP contribution in [-0.2, 0) is 12.8 Å². The van der Waals surface area contributed by atoms with Crippen LogP contribution in [0.3, 0.4) is 0 Å². The molecule has 0 saturated heterocycles. The zero-order chi connectivity index (χ0) is 13.9. The van der Waals surface area contributed by atoms with E-state index in [0.717, 1.165) is 11.8 Å². The topological polar surface area (TPSA) is 26.0 Å². The van der Waals surface area contributed by atoms with E-state index < -0.39 is 0 Å². The maximum atomic E-state index is 6.67. The molecule has 2 N–H and O–H groups in total. The molecule has 0 spiro atoms. The van der Waals surface area contributed by atoms with Crippen molar-refractivity contribution in [1.82, 2.24) is 0 Å². The molecular weight excluding hydrogens is 242 g/mol. The summed E-state index contributed by atoms with van der Waals surface area (Å²) in [7, 11) is 0. The van der Waals surface area contributed by atoms with Gasteiger partial charge in [-0.2, -0.15) is 0 Å². The van der Waals surface area contributed by atoms with E-state index in [9.17, 15) is 0 Å². The molecule has 1 heteroatoms. The summed E-state index contributed by atoms with van der Waals surface area (Å²) in [6.07, 6.45) is 10.7. The first kappa shape index (κ1) is 14.1. The zero-order valence-corrected chi connectivity index (χ0v) is 12.9. The van der Waals surface area contributed by atoms with Crippen LogP contribution in [0.15, 0.2) is 24.3 Å². The Kier molecular flexibility index (Phi) is 4.45. The highest BCUT2D eigenvalue weighted by molar-refractivity contribution is 5.30. The number of hydrogen-bond donors (Lipinski definition) is 1. The highest BCUT2D eigenvalue weighted by Crippen LogP contribution is 2.37. The van der Waals surface area contributed by atoms with Crippen molar-refractivity contribution in [3.05, 3.63) is 35.4 Å². The molecule has 20 heavy (non-hydrogen) atoms. The number of hydrogen-bond acceptors (Lipinski definition) is 1. The van der Waals surface area contributed by atoms with E-state index in [1.165, 1.54) is 51.4 Å². The fraction of sp³-hybridized carbons (Fsp3) is 0.684. The van der Waals surface area contributed by atoms with Gasteiger partial charge in [0.15, 0.2) is 0 Å². The van der Waals surface area contributed by atoms with Crippen LogP contribution in [0.5, 0.6) is 0 Å². The van der Waals surface area contributed by atoms with E-state index in [-0.39, 0.29) is 0 Å². The van der Waals surface area contributed by atoms with Crippen molar-refractivity contribution < 1.29 is 0 Å². The Labute approximate surface area is 124 Å². The average Bonchev–Trinajstić information content (AvgIpc) is 2.54. The van der Waals surface area contributed by atoms with Crippen molar-refractivity contribution in [3.63, 3.8) is 0 Å². The smallest absolute Gasteiger partial charge is 0.00989 e. The molecule has 1 nitrogen and oxygen atoms in total. The molecule has 2 aliphatic carbocycles. The lowest BCUT2D eigenvalue weighted by Gasteiger charge is -2.37. The second kappa shape index (κ2) is 6.30. The quantitative estimate of drug-likeness (QED) is 0.869. The van der Waals surface area contributed by atoms with Crippen LogP contribution in [0.25, 0.3) is 0 Å². The fourth-order valence-corrected chi connectivity index (χ4v) is 4.42. The largest absolute Gasteiger partial charge is 0.327 e. The molecule has 1 aromatic rings. The Hall–Kier alpha value is -0.820. The van der Waals surface area contributed by atoms with E-state index in [1.54, 1.807) is 11.1 Å². The van der Waals surface area contributed by atoms with Crippen molar-refractivity contribution in [2.75, 3.05) is 0 Å². The second-order valence-corrected chi connectivity index (χ2v) is 7.04. The summed E-state index contributed by atoms with van der Waals surface area (Å²) in [5.74, 6) is 2.48. The van der Waals surface area contributed by atoms with E-state index >= 15 is 0 Å². The van der Waals surface area contributed by atoms with Crippen LogP contribution < -0.4 is 5.73 Å². The van der Waals surface area contributed by atoms with Crippen molar-refractivity contribution in [2.45, 2.75) is 64.3 Å². The first-order valence-electron chi connectivity index (χ1n) is 8.60. The van der Waals surface area contributed by atoms with Gasteiger partial charge >= 0.3 is 0 Å². The predicted molar refractivity (Wildman–Crippen MR) is 85.7 cm³/mol. The highest BCUT2D eigenvalue weighted by atomic mass is 14.7. The van der Waals surface area contributed by atoms with Crippen molar-refractivity contribution >= 4 is 0 Å².